The summed E-state index contributed by atoms with van der Waals surface area (Å²) in [6.07, 6.45) is 10.1. The van der Waals surface area contributed by atoms with Crippen molar-refractivity contribution >= 4 is 5.82 Å². The zero-order chi connectivity index (χ0) is 13.5. The highest BCUT2D eigenvalue weighted by Gasteiger charge is 2.17. The molecule has 1 aromatic heterocycles. The van der Waals surface area contributed by atoms with Gasteiger partial charge in [0.15, 0.2) is 0 Å². The Morgan fingerprint density at radius 2 is 2.05 bits per heavy atom. The third-order valence-electron chi connectivity index (χ3n) is 4.01. The summed E-state index contributed by atoms with van der Waals surface area (Å²) in [5.74, 6) is 0.992. The minimum atomic E-state index is 0.770. The fourth-order valence-corrected chi connectivity index (χ4v) is 2.81. The molecule has 1 aromatic rings. The average Bonchev–Trinajstić information content (AvgIpc) is 2.47. The van der Waals surface area contributed by atoms with Crippen LogP contribution in [0, 0.1) is 0 Å². The van der Waals surface area contributed by atoms with E-state index < -0.39 is 0 Å². The molecular formula is C16H27N3. The molecule has 106 valence electrons. The molecule has 3 nitrogen and oxygen atoms in total. The third kappa shape index (κ3) is 4.50. The first-order valence-corrected chi connectivity index (χ1v) is 7.68. The van der Waals surface area contributed by atoms with Gasteiger partial charge in [0.05, 0.1) is 0 Å². The molecule has 0 radical (unpaired) electrons. The fraction of sp³-hybridized carbons (Fsp3) is 0.688. The summed E-state index contributed by atoms with van der Waals surface area (Å²) >= 11 is 0. The minimum absolute atomic E-state index is 0.770. The SMILES string of the molecule is CCCNc1ccc(CN(C)C2CCCCC2)cn1. The maximum Gasteiger partial charge on any atom is 0.125 e. The average molecular weight is 261 g/mol. The molecule has 0 aliphatic heterocycles. The summed E-state index contributed by atoms with van der Waals surface area (Å²) in [7, 11) is 2.25. The molecule has 1 N–H and O–H groups in total. The molecule has 0 aromatic carbocycles. The highest BCUT2D eigenvalue weighted by Crippen LogP contribution is 2.22. The van der Waals surface area contributed by atoms with Crippen molar-refractivity contribution in [1.29, 1.82) is 0 Å². The van der Waals surface area contributed by atoms with Gasteiger partial charge in [0.1, 0.15) is 5.82 Å². The van der Waals surface area contributed by atoms with Gasteiger partial charge in [-0.05, 0) is 37.9 Å². The molecule has 0 spiro atoms. The van der Waals surface area contributed by atoms with Gasteiger partial charge >= 0.3 is 0 Å². The number of pyridine rings is 1. The summed E-state index contributed by atoms with van der Waals surface area (Å²) in [4.78, 5) is 6.97. The van der Waals surface area contributed by atoms with E-state index in [0.29, 0.717) is 0 Å². The van der Waals surface area contributed by atoms with Crippen LogP contribution < -0.4 is 5.32 Å². The van der Waals surface area contributed by atoms with E-state index in [1.165, 1.54) is 37.7 Å². The number of hydrogen-bond donors (Lipinski definition) is 1. The highest BCUT2D eigenvalue weighted by molar-refractivity contribution is 5.35. The Morgan fingerprint density at radius 3 is 2.68 bits per heavy atom. The predicted molar refractivity (Wildman–Crippen MR) is 81.4 cm³/mol. The van der Waals surface area contributed by atoms with Gasteiger partial charge in [0.2, 0.25) is 0 Å². The summed E-state index contributed by atoms with van der Waals surface area (Å²) in [6, 6.07) is 5.07. The first-order valence-electron chi connectivity index (χ1n) is 7.68. The topological polar surface area (TPSA) is 28.2 Å². The number of rotatable bonds is 6. The van der Waals surface area contributed by atoms with E-state index in [1.807, 2.05) is 6.20 Å². The van der Waals surface area contributed by atoms with Crippen molar-refractivity contribution in [2.24, 2.45) is 0 Å². The molecule has 3 heteroatoms. The van der Waals surface area contributed by atoms with Gasteiger partial charge in [-0.25, -0.2) is 4.98 Å². The van der Waals surface area contributed by atoms with Crippen LogP contribution in [0.3, 0.4) is 0 Å². The minimum Gasteiger partial charge on any atom is -0.370 e. The summed E-state index contributed by atoms with van der Waals surface area (Å²) < 4.78 is 0. The van der Waals surface area contributed by atoms with Crippen LogP contribution in [0.5, 0.6) is 0 Å². The van der Waals surface area contributed by atoms with Crippen molar-refractivity contribution < 1.29 is 0 Å². The summed E-state index contributed by atoms with van der Waals surface area (Å²) in [6.45, 7) is 4.18. The number of nitrogens with one attached hydrogen (secondary N) is 1. The van der Waals surface area contributed by atoms with Crippen LogP contribution >= 0.6 is 0 Å². The second-order valence-electron chi connectivity index (χ2n) is 5.69. The normalized spacial score (nSPS) is 16.8. The Labute approximate surface area is 117 Å². The first-order chi connectivity index (χ1) is 9.29. The summed E-state index contributed by atoms with van der Waals surface area (Å²) in [5, 5.41) is 3.31. The Balaban J connectivity index is 1.84. The zero-order valence-electron chi connectivity index (χ0n) is 12.4. The molecule has 0 saturated heterocycles. The lowest BCUT2D eigenvalue weighted by atomic mass is 9.94. The van der Waals surface area contributed by atoms with Crippen molar-refractivity contribution in [3.8, 4) is 0 Å². The molecule has 1 fully saturated rings. The molecular weight excluding hydrogens is 234 g/mol. The van der Waals surface area contributed by atoms with E-state index in [2.05, 4.69) is 41.3 Å². The molecule has 2 rings (SSSR count). The van der Waals surface area contributed by atoms with Gasteiger partial charge in [-0.1, -0.05) is 32.3 Å². The molecule has 1 aliphatic rings. The van der Waals surface area contributed by atoms with Crippen molar-refractivity contribution in [1.82, 2.24) is 9.88 Å². The molecule has 19 heavy (non-hydrogen) atoms. The Hall–Kier alpha value is -1.09. The third-order valence-corrected chi connectivity index (χ3v) is 4.01. The molecule has 0 amide bonds. The standard InChI is InChI=1S/C16H27N3/c1-3-11-17-16-10-9-14(12-18-16)13-19(2)15-7-5-4-6-8-15/h9-10,12,15H,3-8,11,13H2,1-2H3,(H,17,18). The lowest BCUT2D eigenvalue weighted by Gasteiger charge is -2.31. The Kier molecular flexibility index (Phi) is 5.64. The number of hydrogen-bond acceptors (Lipinski definition) is 3. The van der Waals surface area contributed by atoms with Crippen molar-refractivity contribution in [2.45, 2.75) is 58.0 Å². The first kappa shape index (κ1) is 14.3. The van der Waals surface area contributed by atoms with E-state index in [0.717, 1.165) is 31.4 Å². The Bertz CT molecular complexity index is 355. The largest absolute Gasteiger partial charge is 0.370 e. The van der Waals surface area contributed by atoms with Gasteiger partial charge in [-0.15, -0.1) is 0 Å². The van der Waals surface area contributed by atoms with Gasteiger partial charge in [0, 0.05) is 25.3 Å². The molecule has 0 bridgehead atoms. The number of anilines is 1. The van der Waals surface area contributed by atoms with Crippen LogP contribution in [0.15, 0.2) is 18.3 Å². The van der Waals surface area contributed by atoms with Crippen LogP contribution in [0.1, 0.15) is 51.0 Å². The molecule has 1 heterocycles. The molecule has 1 saturated carbocycles. The highest BCUT2D eigenvalue weighted by atomic mass is 15.1. The van der Waals surface area contributed by atoms with E-state index in [9.17, 15) is 0 Å². The number of nitrogens with zero attached hydrogens (tertiary/aromatic N) is 2. The van der Waals surface area contributed by atoms with Crippen LogP contribution in [-0.4, -0.2) is 29.5 Å². The van der Waals surface area contributed by atoms with E-state index in [1.54, 1.807) is 0 Å². The second-order valence-corrected chi connectivity index (χ2v) is 5.69. The van der Waals surface area contributed by atoms with Crippen molar-refractivity contribution in [3.63, 3.8) is 0 Å². The van der Waals surface area contributed by atoms with Crippen molar-refractivity contribution in [2.75, 3.05) is 18.9 Å². The van der Waals surface area contributed by atoms with Gasteiger partial charge in [-0.3, -0.25) is 4.90 Å². The van der Waals surface area contributed by atoms with Crippen LogP contribution in [0.2, 0.25) is 0 Å². The van der Waals surface area contributed by atoms with E-state index >= 15 is 0 Å². The Morgan fingerprint density at radius 1 is 1.26 bits per heavy atom. The van der Waals surface area contributed by atoms with Gasteiger partial charge in [-0.2, -0.15) is 0 Å². The fourth-order valence-electron chi connectivity index (χ4n) is 2.81. The lowest BCUT2D eigenvalue weighted by molar-refractivity contribution is 0.184. The smallest absolute Gasteiger partial charge is 0.125 e. The zero-order valence-corrected chi connectivity index (χ0v) is 12.4. The summed E-state index contributed by atoms with van der Waals surface area (Å²) in [5.41, 5.74) is 1.31. The monoisotopic (exact) mass is 261 g/mol. The maximum absolute atomic E-state index is 4.48. The van der Waals surface area contributed by atoms with Gasteiger partial charge in [0.25, 0.3) is 0 Å². The van der Waals surface area contributed by atoms with Crippen LogP contribution in [0.25, 0.3) is 0 Å². The molecule has 0 atom stereocenters. The molecule has 0 unspecified atom stereocenters. The lowest BCUT2D eigenvalue weighted by Crippen LogP contribution is -2.32. The van der Waals surface area contributed by atoms with Crippen LogP contribution in [0.4, 0.5) is 5.82 Å². The number of aromatic nitrogens is 1. The van der Waals surface area contributed by atoms with Gasteiger partial charge < -0.3 is 5.32 Å². The van der Waals surface area contributed by atoms with E-state index in [-0.39, 0.29) is 0 Å². The quantitative estimate of drug-likeness (QED) is 0.847. The second kappa shape index (κ2) is 7.49. The predicted octanol–water partition coefficient (Wildman–Crippen LogP) is 3.67. The molecule has 1 aliphatic carbocycles. The van der Waals surface area contributed by atoms with Crippen LogP contribution in [-0.2, 0) is 6.54 Å². The maximum atomic E-state index is 4.48. The van der Waals surface area contributed by atoms with E-state index in [4.69, 9.17) is 0 Å². The van der Waals surface area contributed by atoms with Crippen molar-refractivity contribution in [3.05, 3.63) is 23.9 Å².